The molecule has 5 nitrogen and oxygen atoms in total. The highest BCUT2D eigenvalue weighted by Gasteiger charge is 2.13. The van der Waals surface area contributed by atoms with E-state index in [1.54, 1.807) is 24.1 Å². The van der Waals surface area contributed by atoms with Crippen molar-refractivity contribution in [2.45, 2.75) is 20.0 Å². The molecule has 0 bridgehead atoms. The molecule has 0 aliphatic rings. The van der Waals surface area contributed by atoms with Crippen LogP contribution in [0.5, 0.6) is 0 Å². The van der Waals surface area contributed by atoms with Gasteiger partial charge in [0.15, 0.2) is 0 Å². The highest BCUT2D eigenvalue weighted by molar-refractivity contribution is 6.42. The van der Waals surface area contributed by atoms with E-state index >= 15 is 0 Å². The monoisotopic (exact) mass is 368 g/mol. The zero-order valence-corrected chi connectivity index (χ0v) is 15.7. The third-order valence-corrected chi connectivity index (χ3v) is 4.47. The lowest BCUT2D eigenvalue weighted by Gasteiger charge is -2.23. The van der Waals surface area contributed by atoms with Gasteiger partial charge in [-0.2, -0.15) is 0 Å². The molecule has 1 amide bonds. The summed E-state index contributed by atoms with van der Waals surface area (Å²) in [5.74, 6) is 0.885. The van der Waals surface area contributed by atoms with Gasteiger partial charge in [-0.05, 0) is 31.8 Å². The number of hydrogen-bond donors (Lipinski definition) is 0. The number of rotatable bonds is 7. The van der Waals surface area contributed by atoms with Crippen LogP contribution >= 0.6 is 23.2 Å². The molecule has 1 aromatic carbocycles. The topological polar surface area (TPSA) is 41.4 Å². The van der Waals surface area contributed by atoms with Crippen LogP contribution < -0.4 is 0 Å². The predicted molar refractivity (Wildman–Crippen MR) is 97.4 cm³/mol. The van der Waals surface area contributed by atoms with Gasteiger partial charge in [0, 0.05) is 39.0 Å². The molecule has 130 valence electrons. The minimum Gasteiger partial charge on any atom is -0.334 e. The first kappa shape index (κ1) is 18.8. The number of imidazole rings is 1. The van der Waals surface area contributed by atoms with Crippen molar-refractivity contribution in [3.63, 3.8) is 0 Å². The summed E-state index contributed by atoms with van der Waals surface area (Å²) in [6.07, 6.45) is 3.65. The SMILES string of the molecule is CC(=O)N(CCN(C)C)Cc1nccn1Cc1ccc(Cl)c(Cl)c1. The van der Waals surface area contributed by atoms with E-state index in [0.29, 0.717) is 29.7 Å². The Balaban J connectivity index is 2.10. The molecule has 24 heavy (non-hydrogen) atoms. The van der Waals surface area contributed by atoms with Crippen LogP contribution in [-0.4, -0.2) is 52.4 Å². The lowest BCUT2D eigenvalue weighted by molar-refractivity contribution is -0.129. The molecule has 0 aliphatic heterocycles. The van der Waals surface area contributed by atoms with E-state index in [9.17, 15) is 4.79 Å². The first-order chi connectivity index (χ1) is 11.4. The lowest BCUT2D eigenvalue weighted by Crippen LogP contribution is -2.35. The van der Waals surface area contributed by atoms with Crippen LogP contribution in [0.2, 0.25) is 10.0 Å². The molecule has 0 unspecified atom stereocenters. The van der Waals surface area contributed by atoms with Gasteiger partial charge in [0.05, 0.1) is 16.6 Å². The molecule has 0 N–H and O–H groups in total. The maximum Gasteiger partial charge on any atom is 0.219 e. The molecule has 0 atom stereocenters. The molecule has 0 spiro atoms. The molecule has 0 radical (unpaired) electrons. The van der Waals surface area contributed by atoms with E-state index in [1.165, 1.54) is 0 Å². The largest absolute Gasteiger partial charge is 0.334 e. The molecule has 0 fully saturated rings. The van der Waals surface area contributed by atoms with Crippen LogP contribution in [0.4, 0.5) is 0 Å². The van der Waals surface area contributed by atoms with Crippen LogP contribution in [0.25, 0.3) is 0 Å². The third-order valence-electron chi connectivity index (χ3n) is 3.73. The second-order valence-corrected chi connectivity index (χ2v) is 6.78. The normalized spacial score (nSPS) is 11.1. The van der Waals surface area contributed by atoms with E-state index in [1.807, 2.05) is 37.0 Å². The number of carbonyl (C=O) groups excluding carboxylic acids is 1. The molecule has 7 heteroatoms. The molecule has 0 saturated carbocycles. The van der Waals surface area contributed by atoms with Gasteiger partial charge in [-0.1, -0.05) is 29.3 Å². The number of hydrogen-bond acceptors (Lipinski definition) is 3. The molecule has 2 rings (SSSR count). The Morgan fingerprint density at radius 3 is 2.58 bits per heavy atom. The van der Waals surface area contributed by atoms with Gasteiger partial charge in [0.25, 0.3) is 0 Å². The average molecular weight is 369 g/mol. The summed E-state index contributed by atoms with van der Waals surface area (Å²) < 4.78 is 2.02. The summed E-state index contributed by atoms with van der Waals surface area (Å²) >= 11 is 12.0. The summed E-state index contributed by atoms with van der Waals surface area (Å²) in [7, 11) is 3.98. The third kappa shape index (κ3) is 5.23. The lowest BCUT2D eigenvalue weighted by atomic mass is 10.2. The second kappa shape index (κ2) is 8.51. The van der Waals surface area contributed by atoms with E-state index in [0.717, 1.165) is 17.9 Å². The number of aromatic nitrogens is 2. The highest BCUT2D eigenvalue weighted by Crippen LogP contribution is 2.23. The van der Waals surface area contributed by atoms with Crippen LogP contribution in [0.15, 0.2) is 30.6 Å². The Labute approximate surface area is 152 Å². The van der Waals surface area contributed by atoms with E-state index in [-0.39, 0.29) is 5.91 Å². The van der Waals surface area contributed by atoms with Crippen molar-refractivity contribution in [2.75, 3.05) is 27.2 Å². The van der Waals surface area contributed by atoms with Crippen molar-refractivity contribution < 1.29 is 4.79 Å². The molecule has 2 aromatic rings. The summed E-state index contributed by atoms with van der Waals surface area (Å²) in [5.41, 5.74) is 1.03. The van der Waals surface area contributed by atoms with Gasteiger partial charge in [0.1, 0.15) is 5.82 Å². The number of amides is 1. The molecule has 1 aromatic heterocycles. The minimum atomic E-state index is 0.0425. The van der Waals surface area contributed by atoms with E-state index in [2.05, 4.69) is 9.88 Å². The van der Waals surface area contributed by atoms with E-state index < -0.39 is 0 Å². The summed E-state index contributed by atoms with van der Waals surface area (Å²) in [5, 5.41) is 1.07. The zero-order chi connectivity index (χ0) is 17.7. The van der Waals surface area contributed by atoms with Gasteiger partial charge in [-0.15, -0.1) is 0 Å². The first-order valence-electron chi connectivity index (χ1n) is 7.71. The van der Waals surface area contributed by atoms with Crippen molar-refractivity contribution in [1.82, 2.24) is 19.4 Å². The van der Waals surface area contributed by atoms with Gasteiger partial charge in [-0.25, -0.2) is 4.98 Å². The maximum absolute atomic E-state index is 11.9. The number of likely N-dealkylation sites (N-methyl/N-ethyl adjacent to an activating group) is 1. The maximum atomic E-state index is 11.9. The van der Waals surface area contributed by atoms with Gasteiger partial charge in [0.2, 0.25) is 5.91 Å². The van der Waals surface area contributed by atoms with Gasteiger partial charge in [-0.3, -0.25) is 4.79 Å². The Kier molecular flexibility index (Phi) is 6.66. The Bertz CT molecular complexity index is 700. The summed E-state index contributed by atoms with van der Waals surface area (Å²) in [4.78, 5) is 20.1. The Morgan fingerprint density at radius 1 is 1.21 bits per heavy atom. The molecule has 0 saturated heterocycles. The molecular weight excluding hydrogens is 347 g/mol. The summed E-state index contributed by atoms with van der Waals surface area (Å²) in [6.45, 7) is 4.18. The number of benzene rings is 1. The zero-order valence-electron chi connectivity index (χ0n) is 14.2. The van der Waals surface area contributed by atoms with Gasteiger partial charge >= 0.3 is 0 Å². The average Bonchev–Trinajstić information content (AvgIpc) is 2.93. The highest BCUT2D eigenvalue weighted by atomic mass is 35.5. The number of carbonyl (C=O) groups is 1. The number of halogens is 2. The van der Waals surface area contributed by atoms with Crippen LogP contribution in [0, 0.1) is 0 Å². The molecular formula is C17H22Cl2N4O. The quantitative estimate of drug-likeness (QED) is 0.753. The fourth-order valence-electron chi connectivity index (χ4n) is 2.31. The number of nitrogens with zero attached hydrogens (tertiary/aromatic N) is 4. The second-order valence-electron chi connectivity index (χ2n) is 5.96. The Morgan fingerprint density at radius 2 is 1.96 bits per heavy atom. The van der Waals surface area contributed by atoms with Crippen molar-refractivity contribution >= 4 is 29.1 Å². The van der Waals surface area contributed by atoms with Gasteiger partial charge < -0.3 is 14.4 Å². The van der Waals surface area contributed by atoms with E-state index in [4.69, 9.17) is 23.2 Å². The smallest absolute Gasteiger partial charge is 0.219 e. The van der Waals surface area contributed by atoms with Crippen molar-refractivity contribution in [3.8, 4) is 0 Å². The predicted octanol–water partition coefficient (Wildman–Crippen LogP) is 3.15. The Hall–Kier alpha value is -1.56. The van der Waals surface area contributed by atoms with Crippen molar-refractivity contribution in [2.24, 2.45) is 0 Å². The minimum absolute atomic E-state index is 0.0425. The van der Waals surface area contributed by atoms with Crippen LogP contribution in [0.1, 0.15) is 18.3 Å². The first-order valence-corrected chi connectivity index (χ1v) is 8.46. The van der Waals surface area contributed by atoms with Crippen LogP contribution in [0.3, 0.4) is 0 Å². The van der Waals surface area contributed by atoms with Crippen LogP contribution in [-0.2, 0) is 17.9 Å². The summed E-state index contributed by atoms with van der Waals surface area (Å²) in [6, 6.07) is 5.57. The molecule has 1 heterocycles. The van der Waals surface area contributed by atoms with Crippen molar-refractivity contribution in [3.05, 3.63) is 52.0 Å². The molecule has 0 aliphatic carbocycles. The standard InChI is InChI=1S/C17H22Cl2N4O/c1-13(24)22(9-8-21(2)3)12-17-20-6-7-23(17)11-14-4-5-15(18)16(19)10-14/h4-7,10H,8-9,11-12H2,1-3H3. The fourth-order valence-corrected chi connectivity index (χ4v) is 2.63. The van der Waals surface area contributed by atoms with Crippen molar-refractivity contribution in [1.29, 1.82) is 0 Å². The fraction of sp³-hybridized carbons (Fsp3) is 0.412.